The SMILES string of the molecule is Cc1nc(Cl)c(O)c(C)c1C(=O)C1CC(N(Cc2ccsc2)C(=O)CN2CCOC2=O)CCN1C1(C)CCNCC1. The molecule has 3 aliphatic heterocycles. The van der Waals surface area contributed by atoms with E-state index in [-0.39, 0.29) is 47.3 Å². The van der Waals surface area contributed by atoms with Crippen molar-refractivity contribution in [2.24, 2.45) is 0 Å². The van der Waals surface area contributed by atoms with Gasteiger partial charge in [-0.05, 0) is 81.9 Å². The van der Waals surface area contributed by atoms with Crippen molar-refractivity contribution >= 4 is 40.7 Å². The molecular weight excluding hydrogens is 566 g/mol. The summed E-state index contributed by atoms with van der Waals surface area (Å²) in [4.78, 5) is 50.2. The third-order valence-electron chi connectivity index (χ3n) is 8.92. The minimum atomic E-state index is -0.522. The Balaban J connectivity index is 1.48. The van der Waals surface area contributed by atoms with E-state index in [1.54, 1.807) is 25.2 Å². The molecule has 0 saturated carbocycles. The fraction of sp³-hybridized carbons (Fsp3) is 0.586. The molecular formula is C29H38ClN5O5S. The Morgan fingerprint density at radius 1 is 1.29 bits per heavy atom. The molecule has 5 heterocycles. The van der Waals surface area contributed by atoms with Crippen molar-refractivity contribution in [1.82, 2.24) is 25.0 Å². The van der Waals surface area contributed by atoms with Crippen LogP contribution in [0.15, 0.2) is 16.8 Å². The van der Waals surface area contributed by atoms with Crippen LogP contribution in [0.1, 0.15) is 59.8 Å². The van der Waals surface area contributed by atoms with Gasteiger partial charge in [0.1, 0.15) is 13.2 Å². The fourth-order valence-corrected chi connectivity index (χ4v) is 7.46. The van der Waals surface area contributed by atoms with Gasteiger partial charge in [-0.1, -0.05) is 11.6 Å². The molecule has 2 aromatic heterocycles. The summed E-state index contributed by atoms with van der Waals surface area (Å²) < 4.78 is 5.05. The number of Topliss-reactive ketones (excluding diaryl/α,β-unsaturated/α-hetero) is 1. The number of amides is 2. The molecule has 10 nitrogen and oxygen atoms in total. The number of likely N-dealkylation sites (tertiary alicyclic amines) is 1. The number of ether oxygens (including phenoxy) is 1. The topological polar surface area (TPSA) is 115 Å². The van der Waals surface area contributed by atoms with E-state index in [9.17, 15) is 19.5 Å². The lowest BCUT2D eigenvalue weighted by atomic mass is 9.80. The predicted octanol–water partition coefficient (Wildman–Crippen LogP) is 3.76. The number of pyridine rings is 1. The Bertz CT molecular complexity index is 1300. The van der Waals surface area contributed by atoms with Gasteiger partial charge in [0, 0.05) is 35.8 Å². The molecule has 222 valence electrons. The van der Waals surface area contributed by atoms with Gasteiger partial charge in [0.25, 0.3) is 0 Å². The van der Waals surface area contributed by atoms with E-state index >= 15 is 0 Å². The van der Waals surface area contributed by atoms with Crippen molar-refractivity contribution in [3.8, 4) is 5.75 Å². The third-order valence-corrected chi connectivity index (χ3v) is 9.91. The first-order chi connectivity index (χ1) is 19.6. The lowest BCUT2D eigenvalue weighted by molar-refractivity contribution is -0.136. The van der Waals surface area contributed by atoms with E-state index < -0.39 is 12.1 Å². The quantitative estimate of drug-likeness (QED) is 0.346. The zero-order valence-electron chi connectivity index (χ0n) is 23.8. The summed E-state index contributed by atoms with van der Waals surface area (Å²) in [5.41, 5.74) is 2.11. The predicted molar refractivity (Wildman–Crippen MR) is 157 cm³/mol. The zero-order valence-corrected chi connectivity index (χ0v) is 25.4. The third kappa shape index (κ3) is 6.09. The number of hydrogen-bond donors (Lipinski definition) is 2. The van der Waals surface area contributed by atoms with Gasteiger partial charge < -0.3 is 20.1 Å². The van der Waals surface area contributed by atoms with Gasteiger partial charge in [0.05, 0.1) is 18.3 Å². The number of halogens is 1. The van der Waals surface area contributed by atoms with Crippen molar-refractivity contribution in [3.63, 3.8) is 0 Å². The Hall–Kier alpha value is -2.73. The average Bonchev–Trinajstić information content (AvgIpc) is 3.62. The number of rotatable bonds is 8. The Morgan fingerprint density at radius 2 is 2.05 bits per heavy atom. The molecule has 2 N–H and O–H groups in total. The maximum absolute atomic E-state index is 14.5. The van der Waals surface area contributed by atoms with Crippen LogP contribution in [0.25, 0.3) is 0 Å². The van der Waals surface area contributed by atoms with Crippen LogP contribution in [-0.2, 0) is 16.1 Å². The van der Waals surface area contributed by atoms with Crippen molar-refractivity contribution in [2.75, 3.05) is 39.3 Å². The molecule has 0 radical (unpaired) electrons. The molecule has 3 aliphatic rings. The molecule has 0 spiro atoms. The Kier molecular flexibility index (Phi) is 8.89. The molecule has 2 aromatic rings. The van der Waals surface area contributed by atoms with Crippen molar-refractivity contribution < 1.29 is 24.2 Å². The highest BCUT2D eigenvalue weighted by atomic mass is 35.5. The van der Waals surface area contributed by atoms with Crippen LogP contribution >= 0.6 is 22.9 Å². The van der Waals surface area contributed by atoms with Gasteiger partial charge >= 0.3 is 6.09 Å². The molecule has 5 rings (SSSR count). The average molecular weight is 604 g/mol. The lowest BCUT2D eigenvalue weighted by Gasteiger charge is -2.52. The summed E-state index contributed by atoms with van der Waals surface area (Å²) in [7, 11) is 0. The van der Waals surface area contributed by atoms with Gasteiger partial charge in [-0.2, -0.15) is 11.3 Å². The smallest absolute Gasteiger partial charge is 0.410 e. The number of nitrogens with one attached hydrogen (secondary N) is 1. The number of aryl methyl sites for hydroxylation is 1. The van der Waals surface area contributed by atoms with E-state index in [0.29, 0.717) is 49.3 Å². The number of aromatic nitrogens is 1. The second-order valence-corrected chi connectivity index (χ2v) is 12.7. The second kappa shape index (κ2) is 12.2. The molecule has 2 atom stereocenters. The maximum atomic E-state index is 14.5. The maximum Gasteiger partial charge on any atom is 0.410 e. The van der Waals surface area contributed by atoms with Gasteiger partial charge in [-0.15, -0.1) is 0 Å². The normalized spacial score (nSPS) is 22.9. The van der Waals surface area contributed by atoms with Crippen LogP contribution in [0, 0.1) is 13.8 Å². The Morgan fingerprint density at radius 3 is 2.71 bits per heavy atom. The van der Waals surface area contributed by atoms with Gasteiger partial charge in [0.15, 0.2) is 16.7 Å². The highest BCUT2D eigenvalue weighted by Gasteiger charge is 2.46. The standard InChI is InChI=1S/C29H38ClN5O5S/c1-18-24(19(2)32-27(30)25(18)37)26(38)22-14-21(4-10-35(22)29(3)6-8-31-9-7-29)34(15-20-5-13-41-17-20)23(36)16-33-11-12-40-28(33)39/h5,13,17,21-22,31,37H,4,6-12,14-16H2,1-3H3. The summed E-state index contributed by atoms with van der Waals surface area (Å²) >= 11 is 7.70. The summed E-state index contributed by atoms with van der Waals surface area (Å²) in [5.74, 6) is -0.458. The number of hydrogen-bond acceptors (Lipinski definition) is 9. The van der Waals surface area contributed by atoms with Crippen LogP contribution in [0.5, 0.6) is 5.75 Å². The first-order valence-corrected chi connectivity index (χ1v) is 15.5. The monoisotopic (exact) mass is 603 g/mol. The number of carbonyl (C=O) groups is 3. The number of nitrogens with zero attached hydrogens (tertiary/aromatic N) is 4. The minimum absolute atomic E-state index is 0.0202. The number of aromatic hydroxyl groups is 1. The van der Waals surface area contributed by atoms with E-state index in [0.717, 1.165) is 31.5 Å². The van der Waals surface area contributed by atoms with Crippen LogP contribution in [-0.4, -0.2) is 99.5 Å². The molecule has 0 bridgehead atoms. The molecule has 3 fully saturated rings. The molecule has 3 saturated heterocycles. The van der Waals surface area contributed by atoms with E-state index in [2.05, 4.69) is 22.1 Å². The minimum Gasteiger partial charge on any atom is -0.504 e. The number of carbonyl (C=O) groups excluding carboxylic acids is 3. The molecule has 0 aromatic carbocycles. The first-order valence-electron chi connectivity index (χ1n) is 14.2. The van der Waals surface area contributed by atoms with Crippen LogP contribution in [0.2, 0.25) is 5.15 Å². The molecule has 2 amide bonds. The van der Waals surface area contributed by atoms with E-state index in [1.807, 2.05) is 21.7 Å². The highest BCUT2D eigenvalue weighted by Crippen LogP contribution is 2.38. The lowest BCUT2D eigenvalue weighted by Crippen LogP contribution is -2.63. The summed E-state index contributed by atoms with van der Waals surface area (Å²) in [6.45, 7) is 9.04. The van der Waals surface area contributed by atoms with E-state index in [4.69, 9.17) is 16.3 Å². The van der Waals surface area contributed by atoms with Gasteiger partial charge in [-0.3, -0.25) is 19.4 Å². The summed E-state index contributed by atoms with van der Waals surface area (Å²) in [6.07, 6.45) is 2.46. The van der Waals surface area contributed by atoms with E-state index in [1.165, 1.54) is 4.90 Å². The van der Waals surface area contributed by atoms with Crippen molar-refractivity contribution in [3.05, 3.63) is 44.4 Å². The van der Waals surface area contributed by atoms with Gasteiger partial charge in [-0.25, -0.2) is 9.78 Å². The highest BCUT2D eigenvalue weighted by molar-refractivity contribution is 7.07. The number of ketones is 1. The zero-order chi connectivity index (χ0) is 29.3. The van der Waals surface area contributed by atoms with Crippen molar-refractivity contribution in [2.45, 2.75) is 70.6 Å². The fourth-order valence-electron chi connectivity index (χ4n) is 6.53. The molecule has 41 heavy (non-hydrogen) atoms. The summed E-state index contributed by atoms with van der Waals surface area (Å²) in [5, 5.41) is 18.0. The van der Waals surface area contributed by atoms with Crippen LogP contribution in [0.4, 0.5) is 4.79 Å². The number of cyclic esters (lactones) is 1. The molecule has 2 unspecified atom stereocenters. The first kappa shape index (κ1) is 29.8. The molecule has 0 aliphatic carbocycles. The number of thiophene rings is 1. The Labute approximate surface area is 249 Å². The van der Waals surface area contributed by atoms with Crippen molar-refractivity contribution in [1.29, 1.82) is 0 Å². The molecule has 12 heteroatoms. The second-order valence-electron chi connectivity index (χ2n) is 11.5. The summed E-state index contributed by atoms with van der Waals surface area (Å²) in [6, 6.07) is 1.26. The number of piperidine rings is 2. The van der Waals surface area contributed by atoms with Gasteiger partial charge in [0.2, 0.25) is 5.91 Å². The van der Waals surface area contributed by atoms with Crippen LogP contribution < -0.4 is 5.32 Å². The van der Waals surface area contributed by atoms with Crippen LogP contribution in [0.3, 0.4) is 0 Å². The largest absolute Gasteiger partial charge is 0.504 e.